The Hall–Kier alpha value is -1.45. The summed E-state index contributed by atoms with van der Waals surface area (Å²) in [5, 5.41) is 0. The molecule has 0 aliphatic heterocycles. The molecule has 0 spiro atoms. The van der Waals surface area contributed by atoms with E-state index in [1.807, 2.05) is 13.8 Å². The van der Waals surface area contributed by atoms with Crippen molar-refractivity contribution in [1.82, 2.24) is 9.88 Å². The molecule has 15 heavy (non-hydrogen) atoms. The Morgan fingerprint density at radius 2 is 2.27 bits per heavy atom. The Labute approximate surface area is 88.9 Å². The van der Waals surface area contributed by atoms with Crippen LogP contribution in [0.25, 0.3) is 0 Å². The number of hydrogen-bond acceptors (Lipinski definition) is 2. The van der Waals surface area contributed by atoms with Crippen molar-refractivity contribution in [3.63, 3.8) is 0 Å². The van der Waals surface area contributed by atoms with Crippen molar-refractivity contribution in [1.29, 1.82) is 0 Å². The molecule has 1 rings (SSSR count). The fourth-order valence-electron chi connectivity index (χ4n) is 1.18. The van der Waals surface area contributed by atoms with Gasteiger partial charge < -0.3 is 4.90 Å². The average molecular weight is 210 g/mol. The third-order valence-corrected chi connectivity index (χ3v) is 2.51. The topological polar surface area (TPSA) is 33.2 Å². The Morgan fingerprint density at radius 1 is 1.60 bits per heavy atom. The third-order valence-electron chi connectivity index (χ3n) is 2.51. The predicted octanol–water partition coefficient (Wildman–Crippen LogP) is 2.09. The highest BCUT2D eigenvalue weighted by atomic mass is 19.1. The van der Waals surface area contributed by atoms with Gasteiger partial charge in [-0.2, -0.15) is 4.39 Å². The molecule has 0 aliphatic carbocycles. The van der Waals surface area contributed by atoms with Crippen LogP contribution in [0.5, 0.6) is 0 Å². The lowest BCUT2D eigenvalue weighted by atomic mass is 10.2. The van der Waals surface area contributed by atoms with E-state index in [0.717, 1.165) is 6.42 Å². The van der Waals surface area contributed by atoms with Gasteiger partial charge in [-0.25, -0.2) is 4.98 Å². The Morgan fingerprint density at radius 3 is 2.80 bits per heavy atom. The van der Waals surface area contributed by atoms with E-state index in [2.05, 4.69) is 4.98 Å². The number of hydrogen-bond donors (Lipinski definition) is 0. The van der Waals surface area contributed by atoms with E-state index in [4.69, 9.17) is 0 Å². The maximum Gasteiger partial charge on any atom is 0.272 e. The van der Waals surface area contributed by atoms with Gasteiger partial charge in [-0.1, -0.05) is 13.0 Å². The number of carbonyl (C=O) groups is 1. The molecule has 1 aromatic heterocycles. The SMILES string of the molecule is CCC(C)N(C)C(=O)c1cccc(F)n1. The van der Waals surface area contributed by atoms with Crippen LogP contribution >= 0.6 is 0 Å². The second-order valence-corrected chi connectivity index (χ2v) is 3.52. The Kier molecular flexibility index (Phi) is 3.77. The van der Waals surface area contributed by atoms with Crippen LogP contribution < -0.4 is 0 Å². The van der Waals surface area contributed by atoms with Crippen LogP contribution in [0.1, 0.15) is 30.8 Å². The molecule has 0 radical (unpaired) electrons. The maximum atomic E-state index is 12.8. The van der Waals surface area contributed by atoms with E-state index in [0.29, 0.717) is 0 Å². The molecule has 0 aliphatic rings. The van der Waals surface area contributed by atoms with Crippen molar-refractivity contribution in [3.8, 4) is 0 Å². The molecule has 0 saturated heterocycles. The molecular weight excluding hydrogens is 195 g/mol. The monoisotopic (exact) mass is 210 g/mol. The molecule has 4 heteroatoms. The van der Waals surface area contributed by atoms with Crippen LogP contribution in [-0.2, 0) is 0 Å². The van der Waals surface area contributed by atoms with Crippen LogP contribution in [0.2, 0.25) is 0 Å². The number of halogens is 1. The van der Waals surface area contributed by atoms with E-state index in [9.17, 15) is 9.18 Å². The molecule has 0 saturated carbocycles. The molecule has 1 amide bonds. The largest absolute Gasteiger partial charge is 0.338 e. The van der Waals surface area contributed by atoms with Crippen molar-refractivity contribution in [3.05, 3.63) is 29.8 Å². The molecule has 0 fully saturated rings. The van der Waals surface area contributed by atoms with E-state index >= 15 is 0 Å². The quantitative estimate of drug-likeness (QED) is 0.716. The van der Waals surface area contributed by atoms with E-state index in [1.54, 1.807) is 11.9 Å². The minimum atomic E-state index is -0.626. The summed E-state index contributed by atoms with van der Waals surface area (Å²) in [6, 6.07) is 4.35. The summed E-state index contributed by atoms with van der Waals surface area (Å²) in [5.74, 6) is -0.873. The highest BCUT2D eigenvalue weighted by Crippen LogP contribution is 2.07. The van der Waals surface area contributed by atoms with Gasteiger partial charge >= 0.3 is 0 Å². The standard InChI is InChI=1S/C11H15FN2O/c1-4-8(2)14(3)11(15)9-6-5-7-10(12)13-9/h5-8H,4H2,1-3H3. The fraction of sp³-hybridized carbons (Fsp3) is 0.455. The molecule has 82 valence electrons. The summed E-state index contributed by atoms with van der Waals surface area (Å²) >= 11 is 0. The normalized spacial score (nSPS) is 12.3. The molecule has 0 aromatic carbocycles. The van der Waals surface area contributed by atoms with Crippen LogP contribution in [0.3, 0.4) is 0 Å². The first-order chi connectivity index (χ1) is 7.06. The van der Waals surface area contributed by atoms with Gasteiger partial charge in [0.15, 0.2) is 0 Å². The molecular formula is C11H15FN2O. The number of aromatic nitrogens is 1. The lowest BCUT2D eigenvalue weighted by Gasteiger charge is -2.23. The van der Waals surface area contributed by atoms with E-state index < -0.39 is 5.95 Å². The molecule has 3 nitrogen and oxygen atoms in total. The summed E-state index contributed by atoms with van der Waals surface area (Å²) in [7, 11) is 1.70. The number of rotatable bonds is 3. The second kappa shape index (κ2) is 4.87. The summed E-state index contributed by atoms with van der Waals surface area (Å²) in [5.41, 5.74) is 0.151. The Balaban J connectivity index is 2.85. The van der Waals surface area contributed by atoms with Gasteiger partial charge in [0.2, 0.25) is 5.95 Å². The smallest absolute Gasteiger partial charge is 0.272 e. The minimum absolute atomic E-state index is 0.127. The third kappa shape index (κ3) is 2.75. The van der Waals surface area contributed by atoms with E-state index in [1.165, 1.54) is 18.2 Å². The van der Waals surface area contributed by atoms with E-state index in [-0.39, 0.29) is 17.6 Å². The summed E-state index contributed by atoms with van der Waals surface area (Å²) in [6.07, 6.45) is 0.859. The highest BCUT2D eigenvalue weighted by molar-refractivity contribution is 5.92. The zero-order valence-corrected chi connectivity index (χ0v) is 9.20. The minimum Gasteiger partial charge on any atom is -0.338 e. The van der Waals surface area contributed by atoms with Gasteiger partial charge in [-0.15, -0.1) is 0 Å². The van der Waals surface area contributed by atoms with Gasteiger partial charge in [-0.3, -0.25) is 4.79 Å². The van der Waals surface area contributed by atoms with Gasteiger partial charge in [0, 0.05) is 13.1 Å². The van der Waals surface area contributed by atoms with Crippen molar-refractivity contribution in [2.75, 3.05) is 7.05 Å². The summed E-state index contributed by atoms with van der Waals surface area (Å²) in [6.45, 7) is 3.94. The van der Waals surface area contributed by atoms with Crippen molar-refractivity contribution in [2.24, 2.45) is 0 Å². The molecule has 1 atom stereocenters. The molecule has 0 N–H and O–H groups in total. The van der Waals surface area contributed by atoms with Crippen molar-refractivity contribution >= 4 is 5.91 Å². The molecule has 1 aromatic rings. The first kappa shape index (κ1) is 11.6. The number of nitrogens with zero attached hydrogens (tertiary/aromatic N) is 2. The van der Waals surface area contributed by atoms with Gasteiger partial charge in [-0.05, 0) is 25.5 Å². The van der Waals surface area contributed by atoms with Gasteiger partial charge in [0.05, 0.1) is 0 Å². The number of amides is 1. The lowest BCUT2D eigenvalue weighted by Crippen LogP contribution is -2.35. The molecule has 0 bridgehead atoms. The maximum absolute atomic E-state index is 12.8. The zero-order chi connectivity index (χ0) is 11.4. The molecule has 1 heterocycles. The Bertz CT molecular complexity index is 354. The van der Waals surface area contributed by atoms with Crippen LogP contribution in [0, 0.1) is 5.95 Å². The van der Waals surface area contributed by atoms with Crippen LogP contribution in [0.15, 0.2) is 18.2 Å². The van der Waals surface area contributed by atoms with Gasteiger partial charge in [0.1, 0.15) is 5.69 Å². The predicted molar refractivity (Wildman–Crippen MR) is 56.0 cm³/mol. The average Bonchev–Trinajstić information content (AvgIpc) is 2.26. The number of carbonyl (C=O) groups excluding carboxylic acids is 1. The fourth-order valence-corrected chi connectivity index (χ4v) is 1.18. The first-order valence-corrected chi connectivity index (χ1v) is 4.96. The highest BCUT2D eigenvalue weighted by Gasteiger charge is 2.17. The summed E-state index contributed by atoms with van der Waals surface area (Å²) in [4.78, 5) is 16.9. The second-order valence-electron chi connectivity index (χ2n) is 3.52. The number of pyridine rings is 1. The summed E-state index contributed by atoms with van der Waals surface area (Å²) < 4.78 is 12.8. The van der Waals surface area contributed by atoms with Crippen molar-refractivity contribution < 1.29 is 9.18 Å². The van der Waals surface area contributed by atoms with Crippen molar-refractivity contribution in [2.45, 2.75) is 26.3 Å². The lowest BCUT2D eigenvalue weighted by molar-refractivity contribution is 0.0733. The van der Waals surface area contributed by atoms with Crippen LogP contribution in [0.4, 0.5) is 4.39 Å². The zero-order valence-electron chi connectivity index (χ0n) is 9.20. The first-order valence-electron chi connectivity index (χ1n) is 4.96. The molecule has 1 unspecified atom stereocenters. The van der Waals surface area contributed by atoms with Crippen LogP contribution in [-0.4, -0.2) is 28.9 Å². The van der Waals surface area contributed by atoms with Gasteiger partial charge in [0.25, 0.3) is 5.91 Å².